The van der Waals surface area contributed by atoms with Gasteiger partial charge in [0.15, 0.2) is 11.6 Å². The van der Waals surface area contributed by atoms with Crippen molar-refractivity contribution in [1.82, 2.24) is 25.0 Å². The Kier molecular flexibility index (Phi) is 6.06. The van der Waals surface area contributed by atoms with Gasteiger partial charge in [-0.1, -0.05) is 19.9 Å². The number of ether oxygens (including phenoxy) is 1. The first kappa shape index (κ1) is 20.7. The monoisotopic (exact) mass is 420 g/mol. The van der Waals surface area contributed by atoms with Crippen LogP contribution in [0.4, 0.5) is 10.2 Å². The number of benzene rings is 1. The number of rotatable bonds is 8. The van der Waals surface area contributed by atoms with Crippen molar-refractivity contribution >= 4 is 16.7 Å². The van der Waals surface area contributed by atoms with Gasteiger partial charge in [0.25, 0.3) is 0 Å². The summed E-state index contributed by atoms with van der Waals surface area (Å²) in [6.45, 7) is 6.89. The van der Waals surface area contributed by atoms with E-state index in [1.165, 1.54) is 6.07 Å². The van der Waals surface area contributed by atoms with Gasteiger partial charge in [-0.2, -0.15) is 10.2 Å². The summed E-state index contributed by atoms with van der Waals surface area (Å²) >= 11 is 0. The molecule has 4 rings (SSSR count). The number of hydrogen-bond acceptors (Lipinski definition) is 6. The van der Waals surface area contributed by atoms with Crippen molar-refractivity contribution in [2.75, 3.05) is 11.9 Å². The van der Waals surface area contributed by atoms with Gasteiger partial charge in [-0.3, -0.25) is 4.98 Å². The van der Waals surface area contributed by atoms with E-state index in [2.05, 4.69) is 20.5 Å². The Bertz CT molecular complexity index is 1190. The summed E-state index contributed by atoms with van der Waals surface area (Å²) in [5, 5.41) is 17.7. The zero-order valence-corrected chi connectivity index (χ0v) is 17.9. The third-order valence-corrected chi connectivity index (χ3v) is 5.06. The van der Waals surface area contributed by atoms with Gasteiger partial charge in [-0.05, 0) is 44.0 Å². The largest absolute Gasteiger partial charge is 0.494 e. The molecule has 0 fully saturated rings. The molecule has 0 amide bonds. The molecule has 0 unspecified atom stereocenters. The zero-order valence-electron chi connectivity index (χ0n) is 17.9. The van der Waals surface area contributed by atoms with Crippen molar-refractivity contribution in [3.05, 3.63) is 65.5 Å². The summed E-state index contributed by atoms with van der Waals surface area (Å²) in [6.07, 6.45) is 3.12. The van der Waals surface area contributed by atoms with Crippen LogP contribution in [0.5, 0.6) is 5.75 Å². The van der Waals surface area contributed by atoms with Crippen LogP contribution < -0.4 is 10.1 Å². The smallest absolute Gasteiger partial charge is 0.177 e. The van der Waals surface area contributed by atoms with Crippen LogP contribution in [-0.2, 0) is 19.4 Å². The van der Waals surface area contributed by atoms with E-state index in [0.717, 1.165) is 22.5 Å². The standard InChI is InChI=1S/C23H25FN6O/c1-4-18-21-19(5-2)30(20-11-10-16(31-6-3)13-17(20)24)29-22(21)23(28-27-18)26-14-15-9-7-8-12-25-15/h7-13H,4-6,14H2,1-3H3,(H,26,28). The van der Waals surface area contributed by atoms with Crippen LogP contribution in [0, 0.1) is 5.82 Å². The molecule has 31 heavy (non-hydrogen) atoms. The molecule has 8 heteroatoms. The molecule has 4 aromatic rings. The summed E-state index contributed by atoms with van der Waals surface area (Å²) in [5.41, 5.74) is 3.66. The van der Waals surface area contributed by atoms with Crippen LogP contribution >= 0.6 is 0 Å². The minimum Gasteiger partial charge on any atom is -0.494 e. The van der Waals surface area contributed by atoms with Gasteiger partial charge >= 0.3 is 0 Å². The number of hydrogen-bond donors (Lipinski definition) is 1. The lowest BCUT2D eigenvalue weighted by atomic mass is 10.1. The highest BCUT2D eigenvalue weighted by Crippen LogP contribution is 2.30. The normalized spacial score (nSPS) is 11.1. The molecule has 0 radical (unpaired) electrons. The highest BCUT2D eigenvalue weighted by atomic mass is 19.1. The molecule has 0 aliphatic rings. The molecule has 160 valence electrons. The maximum atomic E-state index is 15.0. The highest BCUT2D eigenvalue weighted by Gasteiger charge is 2.21. The number of nitrogens with zero attached hydrogens (tertiary/aromatic N) is 5. The molecular formula is C23H25FN6O. The fraction of sp³-hybridized carbons (Fsp3) is 0.304. The first-order valence-electron chi connectivity index (χ1n) is 10.5. The second-order valence-electron chi connectivity index (χ2n) is 7.01. The number of aromatic nitrogens is 5. The quantitative estimate of drug-likeness (QED) is 0.453. The SMILES string of the molecule is CCOc1ccc(-n2nc3c(NCc4ccccn4)nnc(CC)c3c2CC)c(F)c1. The number of halogens is 1. The second kappa shape index (κ2) is 9.07. The molecule has 0 bridgehead atoms. The lowest BCUT2D eigenvalue weighted by Gasteiger charge is -2.10. The molecule has 0 saturated heterocycles. The maximum absolute atomic E-state index is 15.0. The Morgan fingerprint density at radius 3 is 2.61 bits per heavy atom. The van der Waals surface area contributed by atoms with Crippen LogP contribution in [0.2, 0.25) is 0 Å². The first-order valence-corrected chi connectivity index (χ1v) is 10.5. The Morgan fingerprint density at radius 1 is 1.06 bits per heavy atom. The Labute approximate surface area is 180 Å². The average Bonchev–Trinajstić information content (AvgIpc) is 3.18. The Morgan fingerprint density at radius 2 is 1.94 bits per heavy atom. The summed E-state index contributed by atoms with van der Waals surface area (Å²) in [6, 6.07) is 10.6. The average molecular weight is 420 g/mol. The first-order chi connectivity index (χ1) is 15.2. The lowest BCUT2D eigenvalue weighted by Crippen LogP contribution is -2.06. The number of aryl methyl sites for hydroxylation is 2. The van der Waals surface area contributed by atoms with E-state index in [1.54, 1.807) is 23.0 Å². The topological polar surface area (TPSA) is 77.8 Å². The van der Waals surface area contributed by atoms with E-state index in [4.69, 9.17) is 9.84 Å². The summed E-state index contributed by atoms with van der Waals surface area (Å²) in [7, 11) is 0. The van der Waals surface area contributed by atoms with Crippen LogP contribution in [0.3, 0.4) is 0 Å². The molecule has 0 saturated carbocycles. The van der Waals surface area contributed by atoms with E-state index in [1.807, 2.05) is 39.0 Å². The fourth-order valence-corrected chi connectivity index (χ4v) is 3.61. The Hall–Kier alpha value is -3.55. The van der Waals surface area contributed by atoms with Gasteiger partial charge in [-0.15, -0.1) is 5.10 Å². The van der Waals surface area contributed by atoms with Crippen molar-refractivity contribution in [2.24, 2.45) is 0 Å². The minimum absolute atomic E-state index is 0.370. The summed E-state index contributed by atoms with van der Waals surface area (Å²) in [5.74, 6) is 0.655. The molecule has 1 aromatic carbocycles. The predicted molar refractivity (Wildman–Crippen MR) is 118 cm³/mol. The molecule has 3 aromatic heterocycles. The lowest BCUT2D eigenvalue weighted by molar-refractivity contribution is 0.338. The van der Waals surface area contributed by atoms with E-state index in [9.17, 15) is 4.39 Å². The third kappa shape index (κ3) is 4.05. The molecule has 0 aliphatic heterocycles. The number of fused-ring (bicyclic) bond motifs is 1. The van der Waals surface area contributed by atoms with E-state index in [-0.39, 0.29) is 0 Å². The van der Waals surface area contributed by atoms with Gasteiger partial charge < -0.3 is 10.1 Å². The van der Waals surface area contributed by atoms with Crippen molar-refractivity contribution < 1.29 is 9.13 Å². The van der Waals surface area contributed by atoms with Gasteiger partial charge in [0, 0.05) is 12.3 Å². The highest BCUT2D eigenvalue weighted by molar-refractivity contribution is 5.92. The van der Waals surface area contributed by atoms with Crippen molar-refractivity contribution in [2.45, 2.75) is 40.2 Å². The van der Waals surface area contributed by atoms with Crippen LogP contribution in [0.25, 0.3) is 16.6 Å². The van der Waals surface area contributed by atoms with Gasteiger partial charge in [-0.25, -0.2) is 9.07 Å². The maximum Gasteiger partial charge on any atom is 0.177 e. The Balaban J connectivity index is 1.82. The van der Waals surface area contributed by atoms with Crippen LogP contribution in [-0.4, -0.2) is 31.6 Å². The number of anilines is 1. The molecule has 0 atom stereocenters. The van der Waals surface area contributed by atoms with Crippen LogP contribution in [0.15, 0.2) is 42.6 Å². The fourth-order valence-electron chi connectivity index (χ4n) is 3.61. The molecule has 7 nitrogen and oxygen atoms in total. The zero-order chi connectivity index (χ0) is 21.8. The minimum atomic E-state index is -0.393. The van der Waals surface area contributed by atoms with Gasteiger partial charge in [0.1, 0.15) is 17.0 Å². The van der Waals surface area contributed by atoms with E-state index in [0.29, 0.717) is 48.8 Å². The molecule has 0 aliphatic carbocycles. The van der Waals surface area contributed by atoms with Crippen molar-refractivity contribution in [1.29, 1.82) is 0 Å². The van der Waals surface area contributed by atoms with Crippen molar-refractivity contribution in [3.8, 4) is 11.4 Å². The molecule has 0 spiro atoms. The van der Waals surface area contributed by atoms with Gasteiger partial charge in [0.05, 0.1) is 35.6 Å². The predicted octanol–water partition coefficient (Wildman–Crippen LogP) is 4.49. The van der Waals surface area contributed by atoms with E-state index < -0.39 is 5.82 Å². The summed E-state index contributed by atoms with van der Waals surface area (Å²) in [4.78, 5) is 4.33. The van der Waals surface area contributed by atoms with Crippen molar-refractivity contribution in [3.63, 3.8) is 0 Å². The number of pyridine rings is 1. The van der Waals surface area contributed by atoms with Gasteiger partial charge in [0.2, 0.25) is 0 Å². The third-order valence-electron chi connectivity index (χ3n) is 5.06. The summed E-state index contributed by atoms with van der Waals surface area (Å²) < 4.78 is 22.0. The number of nitrogens with one attached hydrogen (secondary N) is 1. The molecule has 1 N–H and O–H groups in total. The second-order valence-corrected chi connectivity index (χ2v) is 7.01. The molecular weight excluding hydrogens is 395 g/mol. The molecule has 3 heterocycles. The van der Waals surface area contributed by atoms with E-state index >= 15 is 0 Å². The van der Waals surface area contributed by atoms with Crippen LogP contribution in [0.1, 0.15) is 37.9 Å².